The van der Waals surface area contributed by atoms with Crippen LogP contribution in [0.15, 0.2) is 41.4 Å². The van der Waals surface area contributed by atoms with Crippen molar-refractivity contribution >= 4 is 69.6 Å². The third kappa shape index (κ3) is 7.81. The standard InChI is InChI=1S/C22H27ClN4O4S.2ClH/c1-14(2)27-10-8-15(9-11-27)21(28)25-19-6-5-17(32(3,30)31)12-18(19)22(29)26-20-7-4-16(23)13-24-20;;/h4-7,12-15H,8-11H2,1-3H3,(H,25,28)(H,24,26,29);2*1H. The molecule has 0 saturated carbocycles. The van der Waals surface area contributed by atoms with Crippen molar-refractivity contribution in [2.45, 2.75) is 37.6 Å². The van der Waals surface area contributed by atoms with Crippen LogP contribution < -0.4 is 10.6 Å². The van der Waals surface area contributed by atoms with Gasteiger partial charge in [-0.3, -0.25) is 9.59 Å². The van der Waals surface area contributed by atoms with E-state index in [-0.39, 0.29) is 58.6 Å². The zero-order chi connectivity index (χ0) is 23.5. The van der Waals surface area contributed by atoms with Gasteiger partial charge in [0.1, 0.15) is 5.82 Å². The minimum Gasteiger partial charge on any atom is -0.325 e. The van der Waals surface area contributed by atoms with Gasteiger partial charge in [-0.2, -0.15) is 0 Å². The molecule has 0 atom stereocenters. The zero-order valence-corrected chi connectivity index (χ0v) is 22.3. The summed E-state index contributed by atoms with van der Waals surface area (Å²) in [4.78, 5) is 32.2. The first-order valence-electron chi connectivity index (χ1n) is 10.4. The SMILES string of the molecule is CC(C)N1CCC(C(=O)Nc2ccc(S(C)(=O)=O)cc2C(=O)Nc2ccc(Cl)cn2)CC1.Cl.Cl. The van der Waals surface area contributed by atoms with E-state index in [2.05, 4.69) is 34.4 Å². The van der Waals surface area contributed by atoms with Crippen LogP contribution >= 0.6 is 36.4 Å². The Morgan fingerprint density at radius 1 is 1.09 bits per heavy atom. The number of carbonyl (C=O) groups is 2. The summed E-state index contributed by atoms with van der Waals surface area (Å²) in [6.07, 6.45) is 3.89. The third-order valence-corrected chi connectivity index (χ3v) is 6.86. The van der Waals surface area contributed by atoms with Crippen LogP contribution in [0.1, 0.15) is 37.0 Å². The number of pyridine rings is 1. The number of hydrogen-bond donors (Lipinski definition) is 2. The van der Waals surface area contributed by atoms with Gasteiger partial charge in [0, 0.05) is 24.4 Å². The van der Waals surface area contributed by atoms with E-state index in [4.69, 9.17) is 11.6 Å². The van der Waals surface area contributed by atoms with Gasteiger partial charge in [-0.15, -0.1) is 24.8 Å². The third-order valence-electron chi connectivity index (χ3n) is 5.52. The van der Waals surface area contributed by atoms with Gasteiger partial charge in [-0.1, -0.05) is 11.6 Å². The van der Waals surface area contributed by atoms with Gasteiger partial charge < -0.3 is 15.5 Å². The molecule has 2 N–H and O–H groups in total. The van der Waals surface area contributed by atoms with E-state index in [0.29, 0.717) is 11.1 Å². The van der Waals surface area contributed by atoms with Gasteiger partial charge in [0.25, 0.3) is 5.91 Å². The van der Waals surface area contributed by atoms with Gasteiger partial charge in [-0.25, -0.2) is 13.4 Å². The number of hydrogen-bond acceptors (Lipinski definition) is 6. The Morgan fingerprint density at radius 2 is 1.74 bits per heavy atom. The predicted octanol–water partition coefficient (Wildman–Crippen LogP) is 4.29. The Balaban J connectivity index is 0.00000289. The maximum Gasteiger partial charge on any atom is 0.258 e. The number of piperidine rings is 1. The molecule has 1 aromatic heterocycles. The summed E-state index contributed by atoms with van der Waals surface area (Å²) < 4.78 is 24.0. The van der Waals surface area contributed by atoms with Crippen LogP contribution in [0.3, 0.4) is 0 Å². The number of rotatable bonds is 6. The van der Waals surface area contributed by atoms with Crippen LogP contribution in [0, 0.1) is 5.92 Å². The molecule has 188 valence electrons. The fourth-order valence-electron chi connectivity index (χ4n) is 3.60. The molecule has 1 aliphatic rings. The van der Waals surface area contributed by atoms with Crippen LogP contribution in [0.25, 0.3) is 0 Å². The first kappa shape index (κ1) is 30.1. The van der Waals surface area contributed by atoms with E-state index < -0.39 is 15.7 Å². The summed E-state index contributed by atoms with van der Waals surface area (Å²) in [6.45, 7) is 5.92. The molecule has 0 spiro atoms. The minimum atomic E-state index is -3.55. The molecule has 2 amide bonds. The van der Waals surface area contributed by atoms with E-state index in [1.165, 1.54) is 30.5 Å². The van der Waals surface area contributed by atoms with Crippen LogP contribution in [0.5, 0.6) is 0 Å². The summed E-state index contributed by atoms with van der Waals surface area (Å²) in [5.41, 5.74) is 0.290. The van der Waals surface area contributed by atoms with Crippen molar-refractivity contribution in [3.05, 3.63) is 47.1 Å². The molecule has 0 radical (unpaired) electrons. The van der Waals surface area contributed by atoms with E-state index in [9.17, 15) is 18.0 Å². The smallest absolute Gasteiger partial charge is 0.258 e. The van der Waals surface area contributed by atoms with Crippen molar-refractivity contribution in [3.63, 3.8) is 0 Å². The largest absolute Gasteiger partial charge is 0.325 e. The maximum atomic E-state index is 12.9. The van der Waals surface area contributed by atoms with Crippen LogP contribution in [0.4, 0.5) is 11.5 Å². The molecule has 1 aromatic carbocycles. The number of sulfone groups is 1. The highest BCUT2D eigenvalue weighted by Gasteiger charge is 2.27. The first-order chi connectivity index (χ1) is 15.0. The molecule has 0 aliphatic carbocycles. The molecular formula is C22H29Cl3N4O4S. The molecule has 0 unspecified atom stereocenters. The van der Waals surface area contributed by atoms with Crippen molar-refractivity contribution in [2.24, 2.45) is 5.92 Å². The zero-order valence-electron chi connectivity index (χ0n) is 19.1. The van der Waals surface area contributed by atoms with Crippen LogP contribution in [-0.4, -0.2) is 55.5 Å². The molecule has 2 heterocycles. The Bertz CT molecular complexity index is 1100. The quantitative estimate of drug-likeness (QED) is 0.554. The van der Waals surface area contributed by atoms with E-state index in [1.807, 2.05) is 0 Å². The van der Waals surface area contributed by atoms with Crippen molar-refractivity contribution < 1.29 is 18.0 Å². The number of benzene rings is 1. The molecular weight excluding hydrogens is 523 g/mol. The highest BCUT2D eigenvalue weighted by molar-refractivity contribution is 7.90. The van der Waals surface area contributed by atoms with E-state index >= 15 is 0 Å². The Morgan fingerprint density at radius 3 is 2.26 bits per heavy atom. The number of anilines is 2. The fourth-order valence-corrected chi connectivity index (χ4v) is 4.36. The Labute approximate surface area is 217 Å². The molecule has 1 saturated heterocycles. The summed E-state index contributed by atoms with van der Waals surface area (Å²) in [7, 11) is -3.55. The fraction of sp³-hybridized carbons (Fsp3) is 0.409. The summed E-state index contributed by atoms with van der Waals surface area (Å²) >= 11 is 5.83. The lowest BCUT2D eigenvalue weighted by Crippen LogP contribution is -2.41. The van der Waals surface area contributed by atoms with Crippen molar-refractivity contribution in [1.82, 2.24) is 9.88 Å². The molecule has 1 aliphatic heterocycles. The number of likely N-dealkylation sites (tertiary alicyclic amines) is 1. The van der Waals surface area contributed by atoms with E-state index in [0.717, 1.165) is 32.2 Å². The Kier molecular flexibility index (Phi) is 11.2. The molecule has 0 bridgehead atoms. The minimum absolute atomic E-state index is 0. The second-order valence-corrected chi connectivity index (χ2v) is 10.6. The number of carbonyl (C=O) groups excluding carboxylic acids is 2. The van der Waals surface area contributed by atoms with Gasteiger partial charge in [0.05, 0.1) is 21.2 Å². The van der Waals surface area contributed by atoms with Crippen LogP contribution in [-0.2, 0) is 14.6 Å². The number of halogens is 3. The lowest BCUT2D eigenvalue weighted by atomic mass is 9.95. The molecule has 34 heavy (non-hydrogen) atoms. The average molecular weight is 552 g/mol. The van der Waals surface area contributed by atoms with E-state index in [1.54, 1.807) is 6.07 Å². The topological polar surface area (TPSA) is 108 Å². The van der Waals surface area contributed by atoms with Gasteiger partial charge in [-0.05, 0) is 70.1 Å². The highest BCUT2D eigenvalue weighted by Crippen LogP contribution is 2.25. The highest BCUT2D eigenvalue weighted by atomic mass is 35.5. The van der Waals surface area contributed by atoms with Crippen LogP contribution in [0.2, 0.25) is 5.02 Å². The average Bonchev–Trinajstić information content (AvgIpc) is 2.74. The normalized spacial score (nSPS) is 14.6. The molecule has 12 heteroatoms. The lowest BCUT2D eigenvalue weighted by Gasteiger charge is -2.34. The Hall–Kier alpha value is -1.91. The second kappa shape index (κ2) is 12.7. The number of nitrogens with zero attached hydrogens (tertiary/aromatic N) is 2. The molecule has 3 rings (SSSR count). The van der Waals surface area contributed by atoms with Gasteiger partial charge in [0.15, 0.2) is 9.84 Å². The lowest BCUT2D eigenvalue weighted by molar-refractivity contribution is -0.121. The summed E-state index contributed by atoms with van der Waals surface area (Å²) in [5, 5.41) is 5.85. The molecule has 1 fully saturated rings. The second-order valence-electron chi connectivity index (χ2n) is 8.19. The number of amides is 2. The summed E-state index contributed by atoms with van der Waals surface area (Å²) in [5.74, 6) is -0.689. The predicted molar refractivity (Wildman–Crippen MR) is 139 cm³/mol. The maximum absolute atomic E-state index is 12.9. The van der Waals surface area contributed by atoms with Crippen molar-refractivity contribution in [2.75, 3.05) is 30.0 Å². The molecule has 2 aromatic rings. The van der Waals surface area contributed by atoms with Crippen molar-refractivity contribution in [1.29, 1.82) is 0 Å². The van der Waals surface area contributed by atoms with Gasteiger partial charge in [0.2, 0.25) is 5.91 Å². The molecule has 8 nitrogen and oxygen atoms in total. The monoisotopic (exact) mass is 550 g/mol. The summed E-state index contributed by atoms with van der Waals surface area (Å²) in [6, 6.07) is 7.62. The number of nitrogens with one attached hydrogen (secondary N) is 2. The number of aromatic nitrogens is 1. The first-order valence-corrected chi connectivity index (χ1v) is 12.6. The van der Waals surface area contributed by atoms with Gasteiger partial charge >= 0.3 is 0 Å². The van der Waals surface area contributed by atoms with Crippen molar-refractivity contribution in [3.8, 4) is 0 Å².